The monoisotopic (exact) mass is 333 g/mol. The Bertz CT molecular complexity index is 546. The Hall–Kier alpha value is -1.50. The number of carbonyl (C=O) groups is 1. The number of rotatable bonds is 6. The molecule has 0 radical (unpaired) electrons. The molecule has 1 aromatic rings. The second-order valence-corrected chi connectivity index (χ2v) is 7.02. The van der Waals surface area contributed by atoms with Crippen LogP contribution in [-0.4, -0.2) is 73.2 Å². The van der Waals surface area contributed by atoms with Gasteiger partial charge in [-0.3, -0.25) is 14.7 Å². The Labute approximate surface area is 143 Å². The van der Waals surface area contributed by atoms with E-state index >= 15 is 0 Å². The van der Waals surface area contributed by atoms with Crippen molar-refractivity contribution in [1.29, 1.82) is 0 Å². The molecule has 2 fully saturated rings. The van der Waals surface area contributed by atoms with Gasteiger partial charge in [0, 0.05) is 26.4 Å². The van der Waals surface area contributed by atoms with E-state index in [0.717, 1.165) is 44.8 Å². The minimum absolute atomic E-state index is 0.0880. The van der Waals surface area contributed by atoms with Crippen molar-refractivity contribution in [3.8, 4) is 0 Å². The molecular formula is C18H27N3O3. The van der Waals surface area contributed by atoms with Crippen LogP contribution in [0.25, 0.3) is 0 Å². The van der Waals surface area contributed by atoms with E-state index in [1.165, 1.54) is 0 Å². The molecule has 0 aromatic carbocycles. The van der Waals surface area contributed by atoms with E-state index in [2.05, 4.69) is 16.9 Å². The van der Waals surface area contributed by atoms with Gasteiger partial charge in [0.15, 0.2) is 0 Å². The lowest BCUT2D eigenvalue weighted by Gasteiger charge is -2.58. The number of likely N-dealkylation sites (N-methyl/N-ethyl adjacent to an activating group) is 1. The van der Waals surface area contributed by atoms with E-state index in [9.17, 15) is 4.79 Å². The van der Waals surface area contributed by atoms with Gasteiger partial charge in [0.05, 0.1) is 24.4 Å². The van der Waals surface area contributed by atoms with Crippen LogP contribution < -0.4 is 0 Å². The molecule has 3 heterocycles. The Balaban J connectivity index is 1.47. The molecule has 0 aliphatic carbocycles. The van der Waals surface area contributed by atoms with Crippen LogP contribution in [0.15, 0.2) is 24.4 Å². The first-order valence-electron chi connectivity index (χ1n) is 8.58. The highest BCUT2D eigenvalue weighted by atomic mass is 16.5. The van der Waals surface area contributed by atoms with Crippen molar-refractivity contribution in [2.24, 2.45) is 5.92 Å². The molecule has 6 heteroatoms. The second-order valence-electron chi connectivity index (χ2n) is 7.02. The molecule has 0 N–H and O–H groups in total. The Kier molecular flexibility index (Phi) is 5.48. The molecule has 2 saturated heterocycles. The molecule has 1 atom stereocenters. The van der Waals surface area contributed by atoms with Crippen LogP contribution in [-0.2, 0) is 20.9 Å². The van der Waals surface area contributed by atoms with E-state index < -0.39 is 0 Å². The predicted octanol–water partition coefficient (Wildman–Crippen LogP) is 1.17. The third-order valence-electron chi connectivity index (χ3n) is 5.27. The summed E-state index contributed by atoms with van der Waals surface area (Å²) in [5, 5.41) is 0. The molecule has 132 valence electrons. The number of methoxy groups -OCH3 is 1. The maximum atomic E-state index is 11.9. The lowest BCUT2D eigenvalue weighted by molar-refractivity contribution is -0.154. The normalized spacial score (nSPS) is 23.2. The summed E-state index contributed by atoms with van der Waals surface area (Å²) in [6.45, 7) is 4.18. The number of pyridine rings is 1. The van der Waals surface area contributed by atoms with Crippen molar-refractivity contribution in [3.05, 3.63) is 30.1 Å². The first-order valence-corrected chi connectivity index (χ1v) is 8.58. The molecule has 24 heavy (non-hydrogen) atoms. The van der Waals surface area contributed by atoms with Crippen molar-refractivity contribution in [3.63, 3.8) is 0 Å². The van der Waals surface area contributed by atoms with Crippen molar-refractivity contribution in [2.45, 2.75) is 25.0 Å². The summed E-state index contributed by atoms with van der Waals surface area (Å²) in [7, 11) is 3.73. The van der Waals surface area contributed by atoms with Gasteiger partial charge in [-0.05, 0) is 44.5 Å². The van der Waals surface area contributed by atoms with Crippen LogP contribution in [0, 0.1) is 5.92 Å². The molecule has 2 aliphatic heterocycles. The molecule has 1 amide bonds. The molecule has 0 bridgehead atoms. The Morgan fingerprint density at radius 3 is 2.96 bits per heavy atom. The lowest BCUT2D eigenvalue weighted by atomic mass is 9.75. The topological polar surface area (TPSA) is 54.9 Å². The number of likely N-dealkylation sites (tertiary alicyclic amines) is 2. The average Bonchev–Trinajstić information content (AvgIpc) is 2.55. The molecule has 6 nitrogen and oxygen atoms in total. The van der Waals surface area contributed by atoms with E-state index in [0.29, 0.717) is 12.5 Å². The van der Waals surface area contributed by atoms with Crippen LogP contribution in [0.4, 0.5) is 0 Å². The molecule has 3 rings (SSSR count). The summed E-state index contributed by atoms with van der Waals surface area (Å²) < 4.78 is 10.8. The van der Waals surface area contributed by atoms with Gasteiger partial charge >= 0.3 is 0 Å². The number of amides is 1. The van der Waals surface area contributed by atoms with Gasteiger partial charge in [0.25, 0.3) is 0 Å². The number of ether oxygens (including phenoxy) is 2. The summed E-state index contributed by atoms with van der Waals surface area (Å²) in [4.78, 5) is 20.5. The van der Waals surface area contributed by atoms with Crippen LogP contribution in [0.5, 0.6) is 0 Å². The van der Waals surface area contributed by atoms with E-state index in [-0.39, 0.29) is 18.1 Å². The maximum Gasteiger partial charge on any atom is 0.248 e. The van der Waals surface area contributed by atoms with Gasteiger partial charge in [-0.2, -0.15) is 0 Å². The van der Waals surface area contributed by atoms with Crippen LogP contribution in [0.2, 0.25) is 0 Å². The zero-order valence-corrected chi connectivity index (χ0v) is 14.6. The Morgan fingerprint density at radius 1 is 1.42 bits per heavy atom. The zero-order valence-electron chi connectivity index (χ0n) is 14.6. The van der Waals surface area contributed by atoms with Crippen molar-refractivity contribution in [1.82, 2.24) is 14.8 Å². The van der Waals surface area contributed by atoms with Crippen LogP contribution in [0.3, 0.4) is 0 Å². The molecule has 2 aliphatic rings. The lowest BCUT2D eigenvalue weighted by Crippen LogP contribution is -2.73. The summed E-state index contributed by atoms with van der Waals surface area (Å²) in [6.07, 6.45) is 4.03. The zero-order chi connectivity index (χ0) is 17.0. The highest BCUT2D eigenvalue weighted by Gasteiger charge is 2.50. The molecule has 0 saturated carbocycles. The van der Waals surface area contributed by atoms with Crippen LogP contribution in [0.1, 0.15) is 18.5 Å². The standard InChI is InChI=1S/C18H27N3O3/c1-20-8-6-15(10-24-11-16-5-3-4-7-19-16)9-18(20)13-21(14-18)17(22)12-23-2/h3-5,7,15H,6,8-14H2,1-2H3/t15-/m1/s1. The van der Waals surface area contributed by atoms with Gasteiger partial charge < -0.3 is 14.4 Å². The number of carbonyl (C=O) groups excluding carboxylic acids is 1. The molecule has 0 unspecified atom stereocenters. The number of piperidine rings is 1. The quantitative estimate of drug-likeness (QED) is 0.782. The first kappa shape index (κ1) is 17.3. The third-order valence-corrected chi connectivity index (χ3v) is 5.27. The fraction of sp³-hybridized carbons (Fsp3) is 0.667. The maximum absolute atomic E-state index is 11.9. The van der Waals surface area contributed by atoms with Gasteiger partial charge in [-0.1, -0.05) is 6.07 Å². The molecule has 1 aromatic heterocycles. The van der Waals surface area contributed by atoms with Gasteiger partial charge in [-0.15, -0.1) is 0 Å². The number of aromatic nitrogens is 1. The highest BCUT2D eigenvalue weighted by Crippen LogP contribution is 2.38. The second kappa shape index (κ2) is 7.59. The third kappa shape index (κ3) is 3.77. The van der Waals surface area contributed by atoms with Crippen molar-refractivity contribution < 1.29 is 14.3 Å². The van der Waals surface area contributed by atoms with Gasteiger partial charge in [0.1, 0.15) is 6.61 Å². The van der Waals surface area contributed by atoms with Gasteiger partial charge in [0.2, 0.25) is 5.91 Å². The summed E-state index contributed by atoms with van der Waals surface area (Å²) in [5.41, 5.74) is 1.10. The number of nitrogens with zero attached hydrogens (tertiary/aromatic N) is 3. The minimum Gasteiger partial charge on any atom is -0.375 e. The smallest absolute Gasteiger partial charge is 0.248 e. The number of hydrogen-bond acceptors (Lipinski definition) is 5. The van der Waals surface area contributed by atoms with E-state index in [4.69, 9.17) is 9.47 Å². The first-order chi connectivity index (χ1) is 11.6. The summed E-state index contributed by atoms with van der Waals surface area (Å²) in [5.74, 6) is 0.634. The predicted molar refractivity (Wildman–Crippen MR) is 90.4 cm³/mol. The van der Waals surface area contributed by atoms with E-state index in [1.54, 1.807) is 13.3 Å². The van der Waals surface area contributed by atoms with Crippen LogP contribution >= 0.6 is 0 Å². The Morgan fingerprint density at radius 2 is 2.25 bits per heavy atom. The fourth-order valence-corrected chi connectivity index (χ4v) is 3.79. The molecular weight excluding hydrogens is 306 g/mol. The minimum atomic E-state index is 0.0880. The number of hydrogen-bond donors (Lipinski definition) is 0. The largest absolute Gasteiger partial charge is 0.375 e. The summed E-state index contributed by atoms with van der Waals surface area (Å²) >= 11 is 0. The van der Waals surface area contributed by atoms with E-state index in [1.807, 2.05) is 23.1 Å². The fourth-order valence-electron chi connectivity index (χ4n) is 3.79. The highest BCUT2D eigenvalue weighted by molar-refractivity contribution is 5.78. The van der Waals surface area contributed by atoms with Gasteiger partial charge in [-0.25, -0.2) is 0 Å². The average molecular weight is 333 g/mol. The van der Waals surface area contributed by atoms with Crippen molar-refractivity contribution >= 4 is 5.91 Å². The SMILES string of the molecule is COCC(=O)N1CC2(C[C@H](COCc3ccccn3)CCN2C)C1. The van der Waals surface area contributed by atoms with Crippen molar-refractivity contribution in [2.75, 3.05) is 47.0 Å². The summed E-state index contributed by atoms with van der Waals surface area (Å²) in [6, 6.07) is 5.88. The molecule has 1 spiro atoms.